The van der Waals surface area contributed by atoms with E-state index < -0.39 is 10.8 Å². The maximum absolute atomic E-state index is 12.5. The molecule has 0 unspecified atom stereocenters. The highest BCUT2D eigenvalue weighted by atomic mass is 79.9. The average molecular weight is 445 g/mol. The first kappa shape index (κ1) is 19.6. The summed E-state index contributed by atoms with van der Waals surface area (Å²) in [6.45, 7) is 3.89. The number of hydrogen-bond donors (Lipinski definition) is 2. The van der Waals surface area contributed by atoms with Gasteiger partial charge in [0.05, 0.1) is 23.8 Å². The Bertz CT molecular complexity index is 1070. The molecule has 8 nitrogen and oxygen atoms in total. The molecule has 144 valence electrons. The molecule has 0 atom stereocenters. The second-order valence-corrected chi connectivity index (χ2v) is 6.85. The van der Waals surface area contributed by atoms with Crippen LogP contribution in [0.1, 0.15) is 28.5 Å². The van der Waals surface area contributed by atoms with Crippen molar-refractivity contribution >= 4 is 44.6 Å². The molecule has 28 heavy (non-hydrogen) atoms. The van der Waals surface area contributed by atoms with Gasteiger partial charge in [0.1, 0.15) is 17.0 Å². The fourth-order valence-electron chi connectivity index (χ4n) is 2.77. The van der Waals surface area contributed by atoms with Gasteiger partial charge in [-0.05, 0) is 43.2 Å². The van der Waals surface area contributed by atoms with Crippen molar-refractivity contribution in [2.24, 2.45) is 5.10 Å². The fourth-order valence-corrected chi connectivity index (χ4v) is 3.04. The normalized spacial score (nSPS) is 11.1. The largest absolute Gasteiger partial charge is 0.494 e. The van der Waals surface area contributed by atoms with E-state index in [1.165, 1.54) is 12.3 Å². The molecule has 0 fully saturated rings. The first-order valence-corrected chi connectivity index (χ1v) is 9.22. The molecule has 0 saturated heterocycles. The van der Waals surface area contributed by atoms with Crippen LogP contribution in [-0.4, -0.2) is 28.6 Å². The highest BCUT2D eigenvalue weighted by Crippen LogP contribution is 2.34. The highest BCUT2D eigenvalue weighted by molar-refractivity contribution is 9.10. The zero-order chi connectivity index (χ0) is 20.3. The Kier molecular flexibility index (Phi) is 5.74. The number of aromatic amines is 1. The number of nitrogens with one attached hydrogen (secondary N) is 2. The number of rotatable bonds is 6. The van der Waals surface area contributed by atoms with Gasteiger partial charge in [0.25, 0.3) is 11.6 Å². The van der Waals surface area contributed by atoms with Crippen LogP contribution in [0.3, 0.4) is 0 Å². The molecule has 3 aromatic rings. The molecule has 0 saturated carbocycles. The second-order valence-electron chi connectivity index (χ2n) is 5.93. The van der Waals surface area contributed by atoms with Gasteiger partial charge in [-0.1, -0.05) is 28.1 Å². The zero-order valence-corrected chi connectivity index (χ0v) is 16.7. The van der Waals surface area contributed by atoms with Crippen molar-refractivity contribution in [1.82, 2.24) is 10.4 Å². The smallest absolute Gasteiger partial charge is 0.297 e. The van der Waals surface area contributed by atoms with Gasteiger partial charge in [-0.15, -0.1) is 0 Å². The topological polar surface area (TPSA) is 110 Å². The summed E-state index contributed by atoms with van der Waals surface area (Å²) in [5.41, 5.74) is 4.16. The number of fused-ring (bicyclic) bond motifs is 1. The number of hydrazone groups is 1. The average Bonchev–Trinajstić information content (AvgIpc) is 3.00. The molecule has 1 aromatic heterocycles. The number of aromatic nitrogens is 1. The number of aryl methyl sites for hydroxylation is 1. The standard InChI is InChI=1S/C19H17BrN4O4/c1-3-28-14-8-15-11(2)17(22-18(15)16(9-14)24(26)27)19(25)23-21-10-12-4-6-13(20)7-5-12/h4-10,22H,3H2,1-2H3,(H,23,25)/b21-10+. The lowest BCUT2D eigenvalue weighted by atomic mass is 10.1. The fraction of sp³-hybridized carbons (Fsp3) is 0.158. The van der Waals surface area contributed by atoms with E-state index in [1.807, 2.05) is 24.3 Å². The number of nitro groups is 1. The number of amides is 1. The van der Waals surface area contributed by atoms with Gasteiger partial charge in [0.15, 0.2) is 0 Å². The number of carbonyl (C=O) groups excluding carboxylic acids is 1. The molecule has 1 heterocycles. The number of nitro benzene ring substituents is 1. The number of non-ortho nitro benzene ring substituents is 1. The Balaban J connectivity index is 1.90. The zero-order valence-electron chi connectivity index (χ0n) is 15.2. The van der Waals surface area contributed by atoms with E-state index in [2.05, 4.69) is 31.4 Å². The monoisotopic (exact) mass is 444 g/mol. The van der Waals surface area contributed by atoms with Gasteiger partial charge in [-0.2, -0.15) is 5.10 Å². The summed E-state index contributed by atoms with van der Waals surface area (Å²) in [6, 6.07) is 10.4. The van der Waals surface area contributed by atoms with Crippen LogP contribution in [0.5, 0.6) is 5.75 Å². The lowest BCUT2D eigenvalue weighted by molar-refractivity contribution is -0.383. The third-order valence-corrected chi connectivity index (χ3v) is 4.63. The van der Waals surface area contributed by atoms with E-state index in [9.17, 15) is 14.9 Å². The molecule has 0 bridgehead atoms. The van der Waals surface area contributed by atoms with Crippen molar-refractivity contribution in [3.63, 3.8) is 0 Å². The lowest BCUT2D eigenvalue weighted by Gasteiger charge is -2.03. The van der Waals surface area contributed by atoms with E-state index in [4.69, 9.17) is 4.74 Å². The number of carbonyl (C=O) groups is 1. The molecule has 0 aliphatic rings. The lowest BCUT2D eigenvalue weighted by Crippen LogP contribution is -2.18. The maximum atomic E-state index is 12.5. The van der Waals surface area contributed by atoms with Gasteiger partial charge in [-0.25, -0.2) is 5.43 Å². The van der Waals surface area contributed by atoms with Gasteiger partial charge in [0.2, 0.25) is 0 Å². The van der Waals surface area contributed by atoms with E-state index in [0.717, 1.165) is 10.0 Å². The molecule has 3 rings (SSSR count). The minimum atomic E-state index is -0.506. The summed E-state index contributed by atoms with van der Waals surface area (Å²) in [5, 5.41) is 15.9. The molecule has 0 aliphatic carbocycles. The summed E-state index contributed by atoms with van der Waals surface area (Å²) < 4.78 is 6.35. The molecule has 2 N–H and O–H groups in total. The van der Waals surface area contributed by atoms with Crippen LogP contribution in [-0.2, 0) is 0 Å². The van der Waals surface area contributed by atoms with Gasteiger partial charge in [0, 0.05) is 9.86 Å². The summed E-state index contributed by atoms with van der Waals surface area (Å²) >= 11 is 3.35. The molecule has 2 aromatic carbocycles. The Labute approximate surface area is 168 Å². The minimum Gasteiger partial charge on any atom is -0.494 e. The summed E-state index contributed by atoms with van der Waals surface area (Å²) in [6.07, 6.45) is 1.51. The number of hydrogen-bond acceptors (Lipinski definition) is 5. The van der Waals surface area contributed by atoms with Crippen molar-refractivity contribution < 1.29 is 14.5 Å². The quantitative estimate of drug-likeness (QED) is 0.335. The molecular formula is C19H17BrN4O4. The van der Waals surface area contributed by atoms with Gasteiger partial charge >= 0.3 is 0 Å². The van der Waals surface area contributed by atoms with Crippen molar-refractivity contribution in [2.75, 3.05) is 6.61 Å². The van der Waals surface area contributed by atoms with Crippen LogP contribution in [0.15, 0.2) is 46.0 Å². The van der Waals surface area contributed by atoms with Crippen LogP contribution < -0.4 is 10.2 Å². The van der Waals surface area contributed by atoms with Crippen molar-refractivity contribution in [3.8, 4) is 5.75 Å². The Morgan fingerprint density at radius 1 is 1.36 bits per heavy atom. The Hall–Kier alpha value is -3.20. The van der Waals surface area contributed by atoms with Crippen LogP contribution in [0.4, 0.5) is 5.69 Å². The Morgan fingerprint density at radius 2 is 2.07 bits per heavy atom. The summed E-state index contributed by atoms with van der Waals surface area (Å²) in [4.78, 5) is 26.3. The third-order valence-electron chi connectivity index (χ3n) is 4.10. The van der Waals surface area contributed by atoms with Crippen LogP contribution in [0.25, 0.3) is 10.9 Å². The molecular weight excluding hydrogens is 428 g/mol. The minimum absolute atomic E-state index is 0.151. The van der Waals surface area contributed by atoms with Gasteiger partial charge in [-0.3, -0.25) is 14.9 Å². The number of halogens is 1. The van der Waals surface area contributed by atoms with E-state index >= 15 is 0 Å². The molecule has 0 aliphatic heterocycles. The van der Waals surface area contributed by atoms with Crippen LogP contribution >= 0.6 is 15.9 Å². The van der Waals surface area contributed by atoms with Crippen molar-refractivity contribution in [1.29, 1.82) is 0 Å². The number of ether oxygens (including phenoxy) is 1. The third kappa shape index (κ3) is 4.04. The first-order chi connectivity index (χ1) is 13.4. The highest BCUT2D eigenvalue weighted by Gasteiger charge is 2.22. The first-order valence-electron chi connectivity index (χ1n) is 8.43. The SMILES string of the molecule is CCOc1cc([N+](=O)[O-])c2[nH]c(C(=O)N/N=C/c3ccc(Br)cc3)c(C)c2c1. The Morgan fingerprint density at radius 3 is 2.71 bits per heavy atom. The van der Waals surface area contributed by atoms with Crippen LogP contribution in [0, 0.1) is 17.0 Å². The van der Waals surface area contributed by atoms with E-state index in [1.54, 1.807) is 19.9 Å². The molecule has 0 spiro atoms. The predicted octanol–water partition coefficient (Wildman–Crippen LogP) is 4.31. The van der Waals surface area contributed by atoms with Crippen molar-refractivity contribution in [3.05, 3.63) is 67.8 Å². The number of benzene rings is 2. The van der Waals surface area contributed by atoms with Gasteiger partial charge < -0.3 is 9.72 Å². The van der Waals surface area contributed by atoms with Crippen LogP contribution in [0.2, 0.25) is 0 Å². The summed E-state index contributed by atoms with van der Waals surface area (Å²) in [5.74, 6) is -0.113. The molecule has 9 heteroatoms. The second kappa shape index (κ2) is 8.22. The molecule has 1 amide bonds. The maximum Gasteiger partial charge on any atom is 0.297 e. The molecule has 0 radical (unpaired) electrons. The van der Waals surface area contributed by atoms with E-state index in [0.29, 0.717) is 23.3 Å². The number of nitrogens with zero attached hydrogens (tertiary/aromatic N) is 2. The summed E-state index contributed by atoms with van der Waals surface area (Å²) in [7, 11) is 0. The number of H-pyrrole nitrogens is 1. The predicted molar refractivity (Wildman–Crippen MR) is 110 cm³/mol. The van der Waals surface area contributed by atoms with E-state index in [-0.39, 0.29) is 16.9 Å². The van der Waals surface area contributed by atoms with Crippen molar-refractivity contribution in [2.45, 2.75) is 13.8 Å².